The zero-order chi connectivity index (χ0) is 15.5. The van der Waals surface area contributed by atoms with Gasteiger partial charge < -0.3 is 15.2 Å². The lowest BCUT2D eigenvalue weighted by molar-refractivity contribution is 0.392. The van der Waals surface area contributed by atoms with Crippen LogP contribution in [0.15, 0.2) is 30.9 Å². The highest BCUT2D eigenvalue weighted by Gasteiger charge is 2.07. The number of halogens is 1. The van der Waals surface area contributed by atoms with E-state index in [4.69, 9.17) is 0 Å². The van der Waals surface area contributed by atoms with Crippen molar-refractivity contribution in [2.24, 2.45) is 0 Å². The second kappa shape index (κ2) is 6.07. The molecule has 0 aliphatic heterocycles. The fraction of sp³-hybridized carbons (Fsp3) is 0.267. The van der Waals surface area contributed by atoms with E-state index in [2.05, 4.69) is 25.3 Å². The van der Waals surface area contributed by atoms with E-state index in [1.807, 2.05) is 31.1 Å². The van der Waals surface area contributed by atoms with Crippen molar-refractivity contribution in [1.29, 1.82) is 0 Å². The molecular weight excluding hydrogens is 283 g/mol. The molecule has 0 saturated heterocycles. The van der Waals surface area contributed by atoms with E-state index in [-0.39, 0.29) is 5.82 Å². The molecular formula is C15H17FN6. The third-order valence-electron chi connectivity index (χ3n) is 3.29. The number of aromatic nitrogens is 4. The summed E-state index contributed by atoms with van der Waals surface area (Å²) in [6.45, 7) is 1.06. The Morgan fingerprint density at radius 1 is 1.23 bits per heavy atom. The zero-order valence-corrected chi connectivity index (χ0v) is 12.5. The fourth-order valence-electron chi connectivity index (χ4n) is 2.25. The first-order valence-corrected chi connectivity index (χ1v) is 6.93. The van der Waals surface area contributed by atoms with Crippen molar-refractivity contribution in [3.63, 3.8) is 0 Å². The van der Waals surface area contributed by atoms with E-state index in [0.717, 1.165) is 11.1 Å². The molecule has 7 heteroatoms. The lowest BCUT2D eigenvalue weighted by atomic mass is 10.1. The van der Waals surface area contributed by atoms with Gasteiger partial charge in [0.25, 0.3) is 0 Å². The van der Waals surface area contributed by atoms with Crippen molar-refractivity contribution in [1.82, 2.24) is 24.8 Å². The largest absolute Gasteiger partial charge is 0.364 e. The molecule has 0 amide bonds. The molecule has 0 atom stereocenters. The molecule has 0 aliphatic rings. The van der Waals surface area contributed by atoms with Gasteiger partial charge in [0, 0.05) is 18.7 Å². The minimum absolute atomic E-state index is 0.192. The predicted octanol–water partition coefficient (Wildman–Crippen LogP) is 2.17. The molecule has 6 nitrogen and oxygen atoms in total. The van der Waals surface area contributed by atoms with Crippen LogP contribution in [0.3, 0.4) is 0 Å². The Morgan fingerprint density at radius 3 is 2.86 bits per heavy atom. The maximum absolute atomic E-state index is 14.0. The summed E-state index contributed by atoms with van der Waals surface area (Å²) in [5.41, 5.74) is 2.88. The number of aromatic amines is 1. The van der Waals surface area contributed by atoms with Crippen molar-refractivity contribution in [2.45, 2.75) is 13.1 Å². The Bertz CT molecular complexity index is 783. The van der Waals surface area contributed by atoms with Gasteiger partial charge in [0.1, 0.15) is 17.7 Å². The first kappa shape index (κ1) is 14.4. The molecule has 0 radical (unpaired) electrons. The molecule has 114 valence electrons. The molecule has 1 aromatic carbocycles. The number of benzene rings is 1. The maximum atomic E-state index is 14.0. The first-order chi connectivity index (χ1) is 10.6. The summed E-state index contributed by atoms with van der Waals surface area (Å²) in [5.74, 6) is 0.461. The van der Waals surface area contributed by atoms with Crippen molar-refractivity contribution in [2.75, 3.05) is 19.4 Å². The molecule has 0 bridgehead atoms. The molecule has 3 aromatic rings. The van der Waals surface area contributed by atoms with E-state index in [1.165, 1.54) is 6.33 Å². The Balaban J connectivity index is 1.74. The highest BCUT2D eigenvalue weighted by atomic mass is 19.1. The molecule has 0 fully saturated rings. The molecule has 0 spiro atoms. The van der Waals surface area contributed by atoms with Crippen LogP contribution >= 0.6 is 0 Å². The van der Waals surface area contributed by atoms with Gasteiger partial charge in [-0.15, -0.1) is 0 Å². The monoisotopic (exact) mass is 300 g/mol. The van der Waals surface area contributed by atoms with Crippen LogP contribution in [0.1, 0.15) is 11.1 Å². The molecule has 2 N–H and O–H groups in total. The fourth-order valence-corrected chi connectivity index (χ4v) is 2.25. The summed E-state index contributed by atoms with van der Waals surface area (Å²) < 4.78 is 14.0. The second-order valence-electron chi connectivity index (χ2n) is 5.34. The summed E-state index contributed by atoms with van der Waals surface area (Å²) >= 11 is 0. The summed E-state index contributed by atoms with van der Waals surface area (Å²) in [5, 5.41) is 3.18. The third-order valence-corrected chi connectivity index (χ3v) is 3.29. The van der Waals surface area contributed by atoms with Crippen molar-refractivity contribution in [3.8, 4) is 0 Å². The lowest BCUT2D eigenvalue weighted by Gasteiger charge is -2.12. The van der Waals surface area contributed by atoms with Crippen molar-refractivity contribution >= 4 is 17.0 Å². The van der Waals surface area contributed by atoms with Crippen LogP contribution in [0, 0.1) is 5.82 Å². The van der Waals surface area contributed by atoms with Gasteiger partial charge in [-0.1, -0.05) is 12.1 Å². The first-order valence-electron chi connectivity index (χ1n) is 6.93. The number of hydrogen-bond donors (Lipinski definition) is 2. The van der Waals surface area contributed by atoms with E-state index in [9.17, 15) is 4.39 Å². The molecule has 0 unspecified atom stereocenters. The van der Waals surface area contributed by atoms with Gasteiger partial charge in [-0.25, -0.2) is 19.3 Å². The smallest absolute Gasteiger partial charge is 0.182 e. The molecule has 22 heavy (non-hydrogen) atoms. The molecule has 0 saturated carbocycles. The number of rotatable bonds is 5. The SMILES string of the molecule is CN(C)Cc1ccc(CNc2ncnc3nc[nH]c23)cc1F. The highest BCUT2D eigenvalue weighted by molar-refractivity contribution is 5.81. The van der Waals surface area contributed by atoms with E-state index in [1.54, 1.807) is 12.4 Å². The quantitative estimate of drug-likeness (QED) is 0.755. The summed E-state index contributed by atoms with van der Waals surface area (Å²) in [4.78, 5) is 17.2. The van der Waals surface area contributed by atoms with Crippen LogP contribution in [0.4, 0.5) is 10.2 Å². The van der Waals surface area contributed by atoms with E-state index in [0.29, 0.717) is 30.1 Å². The van der Waals surface area contributed by atoms with E-state index >= 15 is 0 Å². The number of H-pyrrole nitrogens is 1. The second-order valence-corrected chi connectivity index (χ2v) is 5.34. The summed E-state index contributed by atoms with van der Waals surface area (Å²) in [6, 6.07) is 5.29. The van der Waals surface area contributed by atoms with Crippen LogP contribution in [0.25, 0.3) is 11.2 Å². The zero-order valence-electron chi connectivity index (χ0n) is 12.5. The van der Waals surface area contributed by atoms with Gasteiger partial charge in [-0.05, 0) is 25.7 Å². The predicted molar refractivity (Wildman–Crippen MR) is 82.8 cm³/mol. The van der Waals surface area contributed by atoms with Crippen LogP contribution < -0.4 is 5.32 Å². The van der Waals surface area contributed by atoms with Gasteiger partial charge in [0.05, 0.1) is 6.33 Å². The van der Waals surface area contributed by atoms with Gasteiger partial charge in [-0.2, -0.15) is 0 Å². The van der Waals surface area contributed by atoms with Crippen molar-refractivity contribution in [3.05, 3.63) is 47.8 Å². The lowest BCUT2D eigenvalue weighted by Crippen LogP contribution is -2.12. The Morgan fingerprint density at radius 2 is 2.09 bits per heavy atom. The van der Waals surface area contributed by atoms with Crippen LogP contribution in [0.5, 0.6) is 0 Å². The number of fused-ring (bicyclic) bond motifs is 1. The van der Waals surface area contributed by atoms with Crippen molar-refractivity contribution < 1.29 is 4.39 Å². The molecule has 2 heterocycles. The molecule has 2 aromatic heterocycles. The van der Waals surface area contributed by atoms with Gasteiger partial charge in [0.15, 0.2) is 11.5 Å². The maximum Gasteiger partial charge on any atom is 0.182 e. The Labute approximate surface area is 127 Å². The highest BCUT2D eigenvalue weighted by Crippen LogP contribution is 2.17. The Kier molecular flexibility index (Phi) is 3.97. The molecule has 0 aliphatic carbocycles. The summed E-state index contributed by atoms with van der Waals surface area (Å²) in [7, 11) is 3.83. The van der Waals surface area contributed by atoms with E-state index < -0.39 is 0 Å². The standard InChI is InChI=1S/C15H17FN6/c1-22(2)7-11-4-3-10(5-12(11)16)6-17-14-13-15(19-8-18-13)21-9-20-14/h3-5,8-9H,6-7H2,1-2H3,(H2,17,18,19,20,21). The number of anilines is 1. The van der Waals surface area contributed by atoms with Gasteiger partial charge in [0.2, 0.25) is 0 Å². The third kappa shape index (κ3) is 3.04. The topological polar surface area (TPSA) is 69.7 Å². The average Bonchev–Trinajstić information content (AvgIpc) is 2.96. The summed E-state index contributed by atoms with van der Waals surface area (Å²) in [6.07, 6.45) is 3.02. The minimum Gasteiger partial charge on any atom is -0.364 e. The molecule has 3 rings (SSSR count). The number of nitrogens with zero attached hydrogens (tertiary/aromatic N) is 4. The number of hydrogen-bond acceptors (Lipinski definition) is 5. The van der Waals surface area contributed by atoms with Crippen LogP contribution in [-0.2, 0) is 13.1 Å². The number of imidazole rings is 1. The number of nitrogens with one attached hydrogen (secondary N) is 2. The van der Waals surface area contributed by atoms with Gasteiger partial charge >= 0.3 is 0 Å². The Hall–Kier alpha value is -2.54. The van der Waals surface area contributed by atoms with Crippen LogP contribution in [0.2, 0.25) is 0 Å². The average molecular weight is 300 g/mol. The normalized spacial score (nSPS) is 11.3. The minimum atomic E-state index is -0.192. The van der Waals surface area contributed by atoms with Crippen LogP contribution in [-0.4, -0.2) is 38.9 Å². The van der Waals surface area contributed by atoms with Gasteiger partial charge in [-0.3, -0.25) is 0 Å².